The van der Waals surface area contributed by atoms with E-state index in [1.54, 1.807) is 6.92 Å². The normalized spacial score (nSPS) is 11.4. The topological polar surface area (TPSA) is 101 Å². The molecule has 0 aliphatic heterocycles. The molecule has 0 saturated heterocycles. The van der Waals surface area contributed by atoms with Crippen molar-refractivity contribution in [2.24, 2.45) is 0 Å². The summed E-state index contributed by atoms with van der Waals surface area (Å²) in [5, 5.41) is 5.94. The zero-order chi connectivity index (χ0) is 16.3. The van der Waals surface area contributed by atoms with Gasteiger partial charge in [0.1, 0.15) is 11.6 Å². The Hall–Kier alpha value is -2.26. The lowest BCUT2D eigenvalue weighted by molar-refractivity contribution is -0.115. The standard InChI is InChI=1S/C13H14FN3O4S/c1-8-5-10(14)3-4-11(8)22(19,20)15-7-13(18)16-12-6-9(2)21-17-12/h3-6,15H,7H2,1-2H3,(H,16,17,18). The highest BCUT2D eigenvalue weighted by atomic mass is 32.2. The van der Waals surface area contributed by atoms with Crippen LogP contribution in [0.5, 0.6) is 0 Å². The van der Waals surface area contributed by atoms with E-state index in [1.165, 1.54) is 13.0 Å². The Balaban J connectivity index is 2.01. The molecule has 0 saturated carbocycles. The predicted octanol–water partition coefficient (Wildman–Crippen LogP) is 1.35. The van der Waals surface area contributed by atoms with Crippen LogP contribution in [0.15, 0.2) is 33.7 Å². The molecule has 0 radical (unpaired) electrons. The number of halogens is 1. The second kappa shape index (κ2) is 6.24. The lowest BCUT2D eigenvalue weighted by atomic mass is 10.2. The number of rotatable bonds is 5. The molecule has 0 aliphatic carbocycles. The van der Waals surface area contributed by atoms with Gasteiger partial charge in [-0.05, 0) is 37.6 Å². The van der Waals surface area contributed by atoms with Gasteiger partial charge in [-0.25, -0.2) is 17.5 Å². The van der Waals surface area contributed by atoms with Crippen molar-refractivity contribution >= 4 is 21.7 Å². The molecule has 1 amide bonds. The molecule has 2 aromatic rings. The summed E-state index contributed by atoms with van der Waals surface area (Å²) in [5.74, 6) is -0.426. The fraction of sp³-hybridized carbons (Fsp3) is 0.231. The minimum absolute atomic E-state index is 0.0843. The third-order valence-electron chi connectivity index (χ3n) is 2.74. The van der Waals surface area contributed by atoms with Crippen molar-refractivity contribution in [3.8, 4) is 0 Å². The minimum atomic E-state index is -3.91. The lowest BCUT2D eigenvalue weighted by Gasteiger charge is -2.09. The SMILES string of the molecule is Cc1cc(NC(=O)CNS(=O)(=O)c2ccc(F)cc2C)no1. The van der Waals surface area contributed by atoms with Gasteiger partial charge in [-0.15, -0.1) is 0 Å². The number of aryl methyl sites for hydroxylation is 2. The highest BCUT2D eigenvalue weighted by Crippen LogP contribution is 2.15. The van der Waals surface area contributed by atoms with E-state index in [0.717, 1.165) is 18.2 Å². The highest BCUT2D eigenvalue weighted by Gasteiger charge is 2.18. The van der Waals surface area contributed by atoms with Gasteiger partial charge in [-0.1, -0.05) is 5.16 Å². The number of carbonyl (C=O) groups excluding carboxylic acids is 1. The van der Waals surface area contributed by atoms with E-state index in [4.69, 9.17) is 4.52 Å². The van der Waals surface area contributed by atoms with Gasteiger partial charge >= 0.3 is 0 Å². The van der Waals surface area contributed by atoms with Crippen molar-refractivity contribution < 1.29 is 22.1 Å². The van der Waals surface area contributed by atoms with Crippen LogP contribution in [0.1, 0.15) is 11.3 Å². The number of nitrogens with zero attached hydrogens (tertiary/aromatic N) is 1. The molecule has 7 nitrogen and oxygen atoms in total. The van der Waals surface area contributed by atoms with Gasteiger partial charge in [0.05, 0.1) is 11.4 Å². The van der Waals surface area contributed by atoms with Gasteiger partial charge < -0.3 is 9.84 Å². The number of hydrogen-bond acceptors (Lipinski definition) is 5. The Bertz CT molecular complexity index is 801. The summed E-state index contributed by atoms with van der Waals surface area (Å²) in [4.78, 5) is 11.6. The van der Waals surface area contributed by atoms with Crippen molar-refractivity contribution in [3.63, 3.8) is 0 Å². The molecule has 2 rings (SSSR count). The second-order valence-corrected chi connectivity index (χ2v) is 6.34. The molecule has 1 aromatic heterocycles. The van der Waals surface area contributed by atoms with Gasteiger partial charge in [-0.2, -0.15) is 0 Å². The molecule has 0 atom stereocenters. The Labute approximate surface area is 126 Å². The van der Waals surface area contributed by atoms with Crippen LogP contribution in [0.4, 0.5) is 10.2 Å². The second-order valence-electron chi connectivity index (χ2n) is 4.61. The largest absolute Gasteiger partial charge is 0.360 e. The Kier molecular flexibility index (Phi) is 4.57. The molecule has 0 fully saturated rings. The molecule has 9 heteroatoms. The number of sulfonamides is 1. The lowest BCUT2D eigenvalue weighted by Crippen LogP contribution is -2.33. The molecule has 118 valence electrons. The third-order valence-corrected chi connectivity index (χ3v) is 4.31. The Morgan fingerprint density at radius 1 is 1.32 bits per heavy atom. The summed E-state index contributed by atoms with van der Waals surface area (Å²) in [6.45, 7) is 2.64. The van der Waals surface area contributed by atoms with Crippen molar-refractivity contribution in [1.29, 1.82) is 0 Å². The first-order valence-corrected chi connectivity index (χ1v) is 7.75. The molecule has 0 bridgehead atoms. The molecule has 0 spiro atoms. The number of anilines is 1. The molecule has 1 heterocycles. The van der Waals surface area contributed by atoms with E-state index in [2.05, 4.69) is 15.2 Å². The van der Waals surface area contributed by atoms with Gasteiger partial charge in [-0.3, -0.25) is 4.79 Å². The van der Waals surface area contributed by atoms with Gasteiger partial charge in [0.25, 0.3) is 0 Å². The van der Waals surface area contributed by atoms with Crippen molar-refractivity contribution in [3.05, 3.63) is 41.4 Å². The number of amides is 1. The summed E-state index contributed by atoms with van der Waals surface area (Å²) in [5.41, 5.74) is 0.250. The Morgan fingerprint density at radius 3 is 2.64 bits per heavy atom. The van der Waals surface area contributed by atoms with Crippen LogP contribution in [0.2, 0.25) is 0 Å². The molecule has 2 N–H and O–H groups in total. The van der Waals surface area contributed by atoms with Crippen LogP contribution in [-0.2, 0) is 14.8 Å². The number of hydrogen-bond donors (Lipinski definition) is 2. The number of benzene rings is 1. The monoisotopic (exact) mass is 327 g/mol. The van der Waals surface area contributed by atoms with Gasteiger partial charge in [0.2, 0.25) is 15.9 Å². The summed E-state index contributed by atoms with van der Waals surface area (Å²) in [6, 6.07) is 4.79. The van der Waals surface area contributed by atoms with Crippen molar-refractivity contribution in [1.82, 2.24) is 9.88 Å². The maximum atomic E-state index is 13.0. The number of carbonyl (C=O) groups is 1. The van der Waals surface area contributed by atoms with Crippen LogP contribution in [0.25, 0.3) is 0 Å². The molecule has 0 unspecified atom stereocenters. The summed E-state index contributed by atoms with van der Waals surface area (Å²) in [6.07, 6.45) is 0. The van der Waals surface area contributed by atoms with E-state index >= 15 is 0 Å². The average Bonchev–Trinajstić information content (AvgIpc) is 2.81. The van der Waals surface area contributed by atoms with Gasteiger partial charge in [0, 0.05) is 6.07 Å². The predicted molar refractivity (Wildman–Crippen MR) is 76.2 cm³/mol. The third kappa shape index (κ3) is 3.89. The molecular weight excluding hydrogens is 313 g/mol. The highest BCUT2D eigenvalue weighted by molar-refractivity contribution is 7.89. The van der Waals surface area contributed by atoms with E-state index in [-0.39, 0.29) is 16.3 Å². The van der Waals surface area contributed by atoms with E-state index in [0.29, 0.717) is 5.76 Å². The van der Waals surface area contributed by atoms with Crippen LogP contribution in [0.3, 0.4) is 0 Å². The fourth-order valence-corrected chi connectivity index (χ4v) is 2.97. The summed E-state index contributed by atoms with van der Waals surface area (Å²) in [7, 11) is -3.91. The smallest absolute Gasteiger partial charge is 0.241 e. The number of nitrogens with one attached hydrogen (secondary N) is 2. The summed E-state index contributed by atoms with van der Waals surface area (Å²) < 4.78 is 44.1. The first-order valence-electron chi connectivity index (χ1n) is 6.27. The van der Waals surface area contributed by atoms with Crippen LogP contribution >= 0.6 is 0 Å². The van der Waals surface area contributed by atoms with Crippen LogP contribution in [0, 0.1) is 19.7 Å². The quantitative estimate of drug-likeness (QED) is 0.863. The first-order chi connectivity index (χ1) is 10.3. The average molecular weight is 327 g/mol. The maximum absolute atomic E-state index is 13.0. The van der Waals surface area contributed by atoms with E-state index in [1.807, 2.05) is 0 Å². The zero-order valence-electron chi connectivity index (χ0n) is 11.9. The van der Waals surface area contributed by atoms with Crippen LogP contribution in [-0.4, -0.2) is 26.0 Å². The van der Waals surface area contributed by atoms with Crippen molar-refractivity contribution in [2.75, 3.05) is 11.9 Å². The van der Waals surface area contributed by atoms with Crippen LogP contribution < -0.4 is 10.0 Å². The number of aromatic nitrogens is 1. The van der Waals surface area contributed by atoms with E-state index in [9.17, 15) is 17.6 Å². The van der Waals surface area contributed by atoms with Gasteiger partial charge in [0.15, 0.2) is 5.82 Å². The molecule has 0 aliphatic rings. The minimum Gasteiger partial charge on any atom is -0.360 e. The molecular formula is C13H14FN3O4S. The first kappa shape index (κ1) is 16.1. The zero-order valence-corrected chi connectivity index (χ0v) is 12.7. The van der Waals surface area contributed by atoms with E-state index < -0.39 is 28.3 Å². The molecule has 1 aromatic carbocycles. The Morgan fingerprint density at radius 2 is 2.05 bits per heavy atom. The maximum Gasteiger partial charge on any atom is 0.241 e. The van der Waals surface area contributed by atoms with Crippen molar-refractivity contribution in [2.45, 2.75) is 18.7 Å². The molecule has 22 heavy (non-hydrogen) atoms. The fourth-order valence-electron chi connectivity index (χ4n) is 1.76. The summed E-state index contributed by atoms with van der Waals surface area (Å²) >= 11 is 0.